The fourth-order valence-electron chi connectivity index (χ4n) is 2.03. The minimum absolute atomic E-state index is 0.355. The first kappa shape index (κ1) is 16.5. The molecule has 0 radical (unpaired) electrons. The molecule has 0 bridgehead atoms. The Hall–Kier alpha value is -0.580. The molecule has 1 N–H and O–H groups in total. The summed E-state index contributed by atoms with van der Waals surface area (Å²) in [4.78, 5) is 2.24. The molecule has 0 aliphatic rings. The molecule has 108 valence electrons. The number of rotatable bonds is 8. The van der Waals surface area contributed by atoms with Crippen molar-refractivity contribution in [2.75, 3.05) is 38.8 Å². The predicted molar refractivity (Wildman–Crippen MR) is 86.0 cm³/mol. The molecule has 4 heteroatoms. The van der Waals surface area contributed by atoms with Gasteiger partial charge in [0.2, 0.25) is 0 Å². The van der Waals surface area contributed by atoms with Crippen LogP contribution in [0.4, 0.5) is 5.69 Å². The quantitative estimate of drug-likeness (QED) is 0.789. The maximum atomic E-state index is 5.16. The SMILES string of the molecule is CCCNC(C)c1ccc(Br)cc1N(C)CCOC. The number of hydrogen-bond acceptors (Lipinski definition) is 3. The monoisotopic (exact) mass is 328 g/mol. The van der Waals surface area contributed by atoms with Gasteiger partial charge in [-0.2, -0.15) is 0 Å². The van der Waals surface area contributed by atoms with Crippen LogP contribution in [0, 0.1) is 0 Å². The average molecular weight is 329 g/mol. The van der Waals surface area contributed by atoms with Crippen LogP contribution in [0.3, 0.4) is 0 Å². The molecule has 19 heavy (non-hydrogen) atoms. The van der Waals surface area contributed by atoms with Gasteiger partial charge in [-0.1, -0.05) is 28.9 Å². The molecular formula is C15H25BrN2O. The van der Waals surface area contributed by atoms with Gasteiger partial charge in [-0.05, 0) is 37.6 Å². The maximum absolute atomic E-state index is 5.16. The van der Waals surface area contributed by atoms with E-state index >= 15 is 0 Å². The Morgan fingerprint density at radius 1 is 1.42 bits per heavy atom. The number of nitrogens with one attached hydrogen (secondary N) is 1. The lowest BCUT2D eigenvalue weighted by Crippen LogP contribution is -2.26. The van der Waals surface area contributed by atoms with Crippen LogP contribution in [-0.2, 0) is 4.74 Å². The summed E-state index contributed by atoms with van der Waals surface area (Å²) in [6.07, 6.45) is 1.15. The summed E-state index contributed by atoms with van der Waals surface area (Å²) in [5, 5.41) is 3.55. The van der Waals surface area contributed by atoms with Crippen LogP contribution in [-0.4, -0.2) is 33.9 Å². The number of halogens is 1. The summed E-state index contributed by atoms with van der Waals surface area (Å²) < 4.78 is 6.27. The lowest BCUT2D eigenvalue weighted by molar-refractivity contribution is 0.206. The minimum Gasteiger partial charge on any atom is -0.383 e. The van der Waals surface area contributed by atoms with Gasteiger partial charge in [-0.25, -0.2) is 0 Å². The van der Waals surface area contributed by atoms with Gasteiger partial charge < -0.3 is 15.0 Å². The Bertz CT molecular complexity index is 384. The molecule has 1 rings (SSSR count). The molecule has 3 nitrogen and oxygen atoms in total. The predicted octanol–water partition coefficient (Wildman–Crippen LogP) is 3.59. The molecule has 0 fully saturated rings. The molecule has 0 amide bonds. The zero-order chi connectivity index (χ0) is 14.3. The Labute approximate surface area is 125 Å². The van der Waals surface area contributed by atoms with Crippen molar-refractivity contribution in [3.05, 3.63) is 28.2 Å². The summed E-state index contributed by atoms with van der Waals surface area (Å²) >= 11 is 3.56. The van der Waals surface area contributed by atoms with Gasteiger partial charge in [0.1, 0.15) is 0 Å². The highest BCUT2D eigenvalue weighted by atomic mass is 79.9. The van der Waals surface area contributed by atoms with E-state index in [2.05, 4.69) is 65.2 Å². The van der Waals surface area contributed by atoms with E-state index in [-0.39, 0.29) is 0 Å². The maximum Gasteiger partial charge on any atom is 0.0637 e. The highest BCUT2D eigenvalue weighted by Gasteiger charge is 2.13. The first-order chi connectivity index (χ1) is 9.10. The molecule has 0 heterocycles. The summed E-state index contributed by atoms with van der Waals surface area (Å²) in [7, 11) is 3.85. The first-order valence-corrected chi connectivity index (χ1v) is 7.62. The van der Waals surface area contributed by atoms with Crippen molar-refractivity contribution >= 4 is 21.6 Å². The van der Waals surface area contributed by atoms with Crippen molar-refractivity contribution in [2.24, 2.45) is 0 Å². The Morgan fingerprint density at radius 3 is 2.79 bits per heavy atom. The van der Waals surface area contributed by atoms with Crippen LogP contribution in [0.25, 0.3) is 0 Å². The van der Waals surface area contributed by atoms with E-state index in [0.29, 0.717) is 6.04 Å². The Balaban J connectivity index is 2.90. The third-order valence-electron chi connectivity index (χ3n) is 3.20. The molecule has 1 aromatic carbocycles. The second-order valence-electron chi connectivity index (χ2n) is 4.79. The van der Waals surface area contributed by atoms with E-state index in [1.807, 2.05) is 0 Å². The number of hydrogen-bond donors (Lipinski definition) is 1. The van der Waals surface area contributed by atoms with Crippen molar-refractivity contribution in [1.29, 1.82) is 0 Å². The molecular weight excluding hydrogens is 304 g/mol. The number of ether oxygens (including phenoxy) is 1. The van der Waals surface area contributed by atoms with Crippen LogP contribution in [0.1, 0.15) is 31.9 Å². The second-order valence-corrected chi connectivity index (χ2v) is 5.71. The zero-order valence-corrected chi connectivity index (χ0v) is 14.0. The van der Waals surface area contributed by atoms with E-state index < -0.39 is 0 Å². The molecule has 0 aliphatic heterocycles. The van der Waals surface area contributed by atoms with Crippen LogP contribution < -0.4 is 10.2 Å². The lowest BCUT2D eigenvalue weighted by atomic mass is 10.1. The Morgan fingerprint density at radius 2 is 2.16 bits per heavy atom. The molecule has 0 aliphatic carbocycles. The van der Waals surface area contributed by atoms with Crippen LogP contribution in [0.15, 0.2) is 22.7 Å². The van der Waals surface area contributed by atoms with Crippen molar-refractivity contribution in [1.82, 2.24) is 5.32 Å². The zero-order valence-electron chi connectivity index (χ0n) is 12.4. The van der Waals surface area contributed by atoms with Gasteiger partial charge in [0, 0.05) is 36.9 Å². The number of methoxy groups -OCH3 is 1. The smallest absolute Gasteiger partial charge is 0.0637 e. The van der Waals surface area contributed by atoms with E-state index in [1.165, 1.54) is 11.3 Å². The van der Waals surface area contributed by atoms with Gasteiger partial charge in [0.05, 0.1) is 6.61 Å². The van der Waals surface area contributed by atoms with Crippen molar-refractivity contribution in [3.63, 3.8) is 0 Å². The molecule has 0 spiro atoms. The van der Waals surface area contributed by atoms with Crippen molar-refractivity contribution in [3.8, 4) is 0 Å². The fourth-order valence-corrected chi connectivity index (χ4v) is 2.38. The van der Waals surface area contributed by atoms with Gasteiger partial charge in [-0.15, -0.1) is 0 Å². The number of benzene rings is 1. The highest BCUT2D eigenvalue weighted by molar-refractivity contribution is 9.10. The normalized spacial score (nSPS) is 12.5. The van der Waals surface area contributed by atoms with Gasteiger partial charge >= 0.3 is 0 Å². The van der Waals surface area contributed by atoms with Crippen LogP contribution >= 0.6 is 15.9 Å². The van der Waals surface area contributed by atoms with E-state index in [1.54, 1.807) is 7.11 Å². The third-order valence-corrected chi connectivity index (χ3v) is 3.69. The van der Waals surface area contributed by atoms with Crippen LogP contribution in [0.2, 0.25) is 0 Å². The van der Waals surface area contributed by atoms with E-state index in [9.17, 15) is 0 Å². The molecule has 0 saturated carbocycles. The molecule has 1 atom stereocenters. The van der Waals surface area contributed by atoms with Gasteiger partial charge in [0.15, 0.2) is 0 Å². The fraction of sp³-hybridized carbons (Fsp3) is 0.600. The first-order valence-electron chi connectivity index (χ1n) is 6.83. The molecule has 1 aromatic rings. The average Bonchev–Trinajstić information content (AvgIpc) is 2.41. The largest absolute Gasteiger partial charge is 0.383 e. The minimum atomic E-state index is 0.355. The third kappa shape index (κ3) is 5.13. The topological polar surface area (TPSA) is 24.5 Å². The summed E-state index contributed by atoms with van der Waals surface area (Å²) in [5.41, 5.74) is 2.58. The molecule has 0 saturated heterocycles. The standard InChI is InChI=1S/C15H25BrN2O/c1-5-8-17-12(2)14-7-6-13(16)11-15(14)18(3)9-10-19-4/h6-7,11-12,17H,5,8-10H2,1-4H3. The van der Waals surface area contributed by atoms with Gasteiger partial charge in [-0.3, -0.25) is 0 Å². The molecule has 1 unspecified atom stereocenters. The lowest BCUT2D eigenvalue weighted by Gasteiger charge is -2.25. The van der Waals surface area contributed by atoms with E-state index in [4.69, 9.17) is 4.74 Å². The second kappa shape index (κ2) is 8.56. The van der Waals surface area contributed by atoms with Crippen LogP contribution in [0.5, 0.6) is 0 Å². The van der Waals surface area contributed by atoms with Crippen molar-refractivity contribution in [2.45, 2.75) is 26.3 Å². The van der Waals surface area contributed by atoms with Gasteiger partial charge in [0.25, 0.3) is 0 Å². The summed E-state index contributed by atoms with van der Waals surface area (Å²) in [5.74, 6) is 0. The van der Waals surface area contributed by atoms with Crippen molar-refractivity contribution < 1.29 is 4.74 Å². The summed E-state index contributed by atoms with van der Waals surface area (Å²) in [6.45, 7) is 7.07. The Kier molecular flexibility index (Phi) is 7.42. The number of anilines is 1. The number of nitrogens with zero attached hydrogens (tertiary/aromatic N) is 1. The number of likely N-dealkylation sites (N-methyl/N-ethyl adjacent to an activating group) is 1. The molecule has 0 aromatic heterocycles. The summed E-state index contributed by atoms with van der Waals surface area (Å²) in [6, 6.07) is 6.83. The highest BCUT2D eigenvalue weighted by Crippen LogP contribution is 2.29. The van der Waals surface area contributed by atoms with E-state index in [0.717, 1.165) is 30.6 Å².